The van der Waals surface area contributed by atoms with Crippen molar-refractivity contribution in [2.75, 3.05) is 7.11 Å². The molecule has 0 saturated heterocycles. The Morgan fingerprint density at radius 1 is 1.36 bits per heavy atom. The molecule has 4 nitrogen and oxygen atoms in total. The van der Waals surface area contributed by atoms with Crippen LogP contribution in [0.1, 0.15) is 19.4 Å². The highest BCUT2D eigenvalue weighted by Crippen LogP contribution is 2.33. The summed E-state index contributed by atoms with van der Waals surface area (Å²) in [5.74, 6) is 5.94. The second-order valence-electron chi connectivity index (χ2n) is 3.51. The Bertz CT molecular complexity index is 323. The standard InChI is InChI=1S/C10H15NO3/c1-10(2,14-11)8-6-7(13-3)4-5-9(8)12/h4-6,12H,11H2,1-3H3. The van der Waals surface area contributed by atoms with E-state index in [4.69, 9.17) is 15.5 Å². The van der Waals surface area contributed by atoms with Crippen LogP contribution in [0.3, 0.4) is 0 Å². The minimum Gasteiger partial charge on any atom is -0.508 e. The lowest BCUT2D eigenvalue weighted by Gasteiger charge is -2.23. The molecule has 0 heterocycles. The molecule has 0 unspecified atom stereocenters. The second-order valence-corrected chi connectivity index (χ2v) is 3.51. The Labute approximate surface area is 83.2 Å². The highest BCUT2D eigenvalue weighted by atomic mass is 16.6. The second kappa shape index (κ2) is 3.86. The molecule has 1 aromatic rings. The van der Waals surface area contributed by atoms with E-state index < -0.39 is 5.60 Å². The van der Waals surface area contributed by atoms with E-state index in [0.717, 1.165) is 0 Å². The van der Waals surface area contributed by atoms with Crippen molar-refractivity contribution < 1.29 is 14.7 Å². The number of phenolic OH excluding ortho intramolecular Hbond substituents is 1. The summed E-state index contributed by atoms with van der Waals surface area (Å²) in [7, 11) is 1.56. The average molecular weight is 197 g/mol. The maximum Gasteiger partial charge on any atom is 0.122 e. The van der Waals surface area contributed by atoms with E-state index in [1.54, 1.807) is 39.2 Å². The summed E-state index contributed by atoms with van der Waals surface area (Å²) < 4.78 is 5.04. The highest BCUT2D eigenvalue weighted by molar-refractivity contribution is 5.42. The average Bonchev–Trinajstić information content (AvgIpc) is 2.18. The molecule has 0 fully saturated rings. The van der Waals surface area contributed by atoms with Crippen LogP contribution in [0.5, 0.6) is 11.5 Å². The molecule has 14 heavy (non-hydrogen) atoms. The van der Waals surface area contributed by atoms with Gasteiger partial charge in [-0.15, -0.1) is 0 Å². The smallest absolute Gasteiger partial charge is 0.122 e. The highest BCUT2D eigenvalue weighted by Gasteiger charge is 2.24. The number of hydrogen-bond donors (Lipinski definition) is 2. The molecule has 0 spiro atoms. The summed E-state index contributed by atoms with van der Waals surface area (Å²) >= 11 is 0. The molecule has 4 heteroatoms. The number of ether oxygens (including phenoxy) is 1. The zero-order valence-corrected chi connectivity index (χ0v) is 8.57. The quantitative estimate of drug-likeness (QED) is 0.721. The topological polar surface area (TPSA) is 64.7 Å². The van der Waals surface area contributed by atoms with E-state index in [9.17, 15) is 5.11 Å². The van der Waals surface area contributed by atoms with Crippen LogP contribution < -0.4 is 10.6 Å². The van der Waals surface area contributed by atoms with E-state index in [1.165, 1.54) is 0 Å². The summed E-state index contributed by atoms with van der Waals surface area (Å²) in [5.41, 5.74) is -0.141. The predicted molar refractivity (Wildman–Crippen MR) is 53.0 cm³/mol. The first-order chi connectivity index (χ1) is 6.51. The van der Waals surface area contributed by atoms with Gasteiger partial charge < -0.3 is 9.84 Å². The number of methoxy groups -OCH3 is 1. The summed E-state index contributed by atoms with van der Waals surface area (Å²) in [6.45, 7) is 3.53. The SMILES string of the molecule is COc1ccc(O)c(C(C)(C)ON)c1. The summed E-state index contributed by atoms with van der Waals surface area (Å²) in [5, 5.41) is 9.61. The van der Waals surface area contributed by atoms with Gasteiger partial charge in [0.2, 0.25) is 0 Å². The maximum absolute atomic E-state index is 9.61. The van der Waals surface area contributed by atoms with Crippen LogP contribution >= 0.6 is 0 Å². The van der Waals surface area contributed by atoms with E-state index in [0.29, 0.717) is 11.3 Å². The molecule has 0 saturated carbocycles. The Balaban J connectivity index is 3.18. The van der Waals surface area contributed by atoms with Crippen molar-refractivity contribution in [1.29, 1.82) is 0 Å². The third kappa shape index (κ3) is 1.97. The molecule has 0 aliphatic rings. The maximum atomic E-state index is 9.61. The predicted octanol–water partition coefficient (Wildman–Crippen LogP) is 1.53. The summed E-state index contributed by atoms with van der Waals surface area (Å²) in [4.78, 5) is 4.79. The molecule has 1 rings (SSSR count). The number of rotatable bonds is 3. The lowest BCUT2D eigenvalue weighted by Crippen LogP contribution is -2.25. The van der Waals surface area contributed by atoms with Gasteiger partial charge in [0.25, 0.3) is 0 Å². The minimum atomic E-state index is -0.737. The molecule has 0 atom stereocenters. The van der Waals surface area contributed by atoms with Crippen molar-refractivity contribution >= 4 is 0 Å². The van der Waals surface area contributed by atoms with Crippen LogP contribution in [0, 0.1) is 0 Å². The minimum absolute atomic E-state index is 0.140. The monoisotopic (exact) mass is 197 g/mol. The molecule has 1 aromatic carbocycles. The van der Waals surface area contributed by atoms with Crippen molar-refractivity contribution in [3.8, 4) is 11.5 Å². The van der Waals surface area contributed by atoms with Crippen LogP contribution in [0.4, 0.5) is 0 Å². The molecular formula is C10H15NO3. The fourth-order valence-corrected chi connectivity index (χ4v) is 1.19. The third-order valence-electron chi connectivity index (χ3n) is 2.15. The Hall–Kier alpha value is -1.26. The molecule has 0 radical (unpaired) electrons. The summed E-state index contributed by atoms with van der Waals surface area (Å²) in [6, 6.07) is 4.92. The fourth-order valence-electron chi connectivity index (χ4n) is 1.19. The van der Waals surface area contributed by atoms with Gasteiger partial charge in [0.05, 0.1) is 7.11 Å². The van der Waals surface area contributed by atoms with Crippen molar-refractivity contribution in [3.05, 3.63) is 23.8 Å². The Morgan fingerprint density at radius 3 is 2.50 bits per heavy atom. The van der Waals surface area contributed by atoms with Gasteiger partial charge in [-0.3, -0.25) is 4.84 Å². The molecule has 0 aliphatic carbocycles. The number of benzene rings is 1. The van der Waals surface area contributed by atoms with Gasteiger partial charge in [0.1, 0.15) is 17.1 Å². The van der Waals surface area contributed by atoms with Gasteiger partial charge in [0.15, 0.2) is 0 Å². The molecule has 0 amide bonds. The zero-order chi connectivity index (χ0) is 10.8. The molecule has 0 aromatic heterocycles. The first kappa shape index (κ1) is 10.8. The van der Waals surface area contributed by atoms with Gasteiger partial charge in [-0.1, -0.05) is 0 Å². The van der Waals surface area contributed by atoms with Crippen LogP contribution in [-0.2, 0) is 10.4 Å². The van der Waals surface area contributed by atoms with Gasteiger partial charge in [-0.25, -0.2) is 5.90 Å². The van der Waals surface area contributed by atoms with Gasteiger partial charge >= 0.3 is 0 Å². The van der Waals surface area contributed by atoms with E-state index in [2.05, 4.69) is 0 Å². The van der Waals surface area contributed by atoms with Crippen molar-refractivity contribution in [1.82, 2.24) is 0 Å². The normalized spacial score (nSPS) is 11.4. The number of aromatic hydroxyl groups is 1. The van der Waals surface area contributed by atoms with E-state index in [-0.39, 0.29) is 5.75 Å². The number of nitrogens with two attached hydrogens (primary N) is 1. The first-order valence-electron chi connectivity index (χ1n) is 4.26. The zero-order valence-electron chi connectivity index (χ0n) is 8.57. The van der Waals surface area contributed by atoms with E-state index >= 15 is 0 Å². The lowest BCUT2D eigenvalue weighted by molar-refractivity contribution is -0.0251. The van der Waals surface area contributed by atoms with Crippen LogP contribution in [-0.4, -0.2) is 12.2 Å². The van der Waals surface area contributed by atoms with Crippen molar-refractivity contribution in [3.63, 3.8) is 0 Å². The number of phenols is 1. The van der Waals surface area contributed by atoms with Gasteiger partial charge in [-0.05, 0) is 32.0 Å². The largest absolute Gasteiger partial charge is 0.508 e. The Morgan fingerprint density at radius 2 is 2.00 bits per heavy atom. The first-order valence-corrected chi connectivity index (χ1v) is 4.26. The van der Waals surface area contributed by atoms with Gasteiger partial charge in [-0.2, -0.15) is 0 Å². The third-order valence-corrected chi connectivity index (χ3v) is 2.15. The Kier molecular flexibility index (Phi) is 2.98. The van der Waals surface area contributed by atoms with Gasteiger partial charge in [0, 0.05) is 5.56 Å². The van der Waals surface area contributed by atoms with E-state index in [1.807, 2.05) is 0 Å². The molecule has 0 aliphatic heterocycles. The molecule has 78 valence electrons. The van der Waals surface area contributed by atoms with Crippen LogP contribution in [0.25, 0.3) is 0 Å². The van der Waals surface area contributed by atoms with Crippen molar-refractivity contribution in [2.24, 2.45) is 5.90 Å². The molecule has 0 bridgehead atoms. The van der Waals surface area contributed by atoms with Crippen molar-refractivity contribution in [2.45, 2.75) is 19.4 Å². The summed E-state index contributed by atoms with van der Waals surface area (Å²) in [6.07, 6.45) is 0. The molecular weight excluding hydrogens is 182 g/mol. The number of hydrogen-bond acceptors (Lipinski definition) is 4. The lowest BCUT2D eigenvalue weighted by atomic mass is 9.97. The fraction of sp³-hybridized carbons (Fsp3) is 0.400. The van der Waals surface area contributed by atoms with Crippen LogP contribution in [0.15, 0.2) is 18.2 Å². The van der Waals surface area contributed by atoms with Crippen LogP contribution in [0.2, 0.25) is 0 Å². The molecule has 3 N–H and O–H groups in total.